The lowest BCUT2D eigenvalue weighted by atomic mass is 10.1. The van der Waals surface area contributed by atoms with Gasteiger partial charge in [0.05, 0.1) is 12.7 Å². The minimum absolute atomic E-state index is 0.162. The van der Waals surface area contributed by atoms with E-state index in [1.165, 1.54) is 6.07 Å². The number of likely N-dealkylation sites (tertiary alicyclic amines) is 1. The number of hydrogen-bond donors (Lipinski definition) is 2. The first-order chi connectivity index (χ1) is 8.72. The fourth-order valence-corrected chi connectivity index (χ4v) is 2.59. The predicted octanol–water partition coefficient (Wildman–Crippen LogP) is 1.71. The van der Waals surface area contributed by atoms with E-state index in [0.29, 0.717) is 18.5 Å². The molecule has 1 aromatic rings. The first kappa shape index (κ1) is 13.5. The van der Waals surface area contributed by atoms with E-state index in [2.05, 4.69) is 4.90 Å². The minimum atomic E-state index is -0.772. The molecule has 1 aliphatic heterocycles. The Morgan fingerprint density at radius 1 is 1.39 bits per heavy atom. The van der Waals surface area contributed by atoms with E-state index >= 15 is 0 Å². The first-order valence-electron chi connectivity index (χ1n) is 6.49. The van der Waals surface area contributed by atoms with Gasteiger partial charge in [-0.25, -0.2) is 4.39 Å². The second-order valence-corrected chi connectivity index (χ2v) is 4.84. The third kappa shape index (κ3) is 3.07. The molecule has 1 heterocycles. The van der Waals surface area contributed by atoms with Crippen molar-refractivity contribution < 1.29 is 14.6 Å². The van der Waals surface area contributed by atoms with Crippen molar-refractivity contribution in [3.05, 3.63) is 35.6 Å². The standard InChI is InChI=1S/C14H20FNO2/c15-13-6-2-1-5-12(13)14(18)7-9-16-8-3-4-11(16)10-17/h1-2,5-6,11,14,17-18H,3-4,7-10H2. The van der Waals surface area contributed by atoms with Crippen molar-refractivity contribution in [2.24, 2.45) is 0 Å². The molecule has 2 atom stereocenters. The molecule has 4 heteroatoms. The Bertz CT molecular complexity index is 386. The summed E-state index contributed by atoms with van der Waals surface area (Å²) in [6.07, 6.45) is 1.82. The van der Waals surface area contributed by atoms with Crippen molar-refractivity contribution in [1.29, 1.82) is 0 Å². The first-order valence-corrected chi connectivity index (χ1v) is 6.49. The number of aliphatic hydroxyl groups is 2. The molecule has 3 nitrogen and oxygen atoms in total. The fraction of sp³-hybridized carbons (Fsp3) is 0.571. The molecule has 0 spiro atoms. The van der Waals surface area contributed by atoms with Crippen LogP contribution in [-0.2, 0) is 0 Å². The van der Waals surface area contributed by atoms with Crippen molar-refractivity contribution in [3.63, 3.8) is 0 Å². The summed E-state index contributed by atoms with van der Waals surface area (Å²) in [4.78, 5) is 2.17. The predicted molar refractivity (Wildman–Crippen MR) is 67.7 cm³/mol. The van der Waals surface area contributed by atoms with Crippen LogP contribution in [0.3, 0.4) is 0 Å². The second-order valence-electron chi connectivity index (χ2n) is 4.84. The molecule has 0 saturated carbocycles. The van der Waals surface area contributed by atoms with Crippen molar-refractivity contribution in [2.75, 3.05) is 19.7 Å². The van der Waals surface area contributed by atoms with Gasteiger partial charge in [0.1, 0.15) is 5.82 Å². The van der Waals surface area contributed by atoms with Crippen molar-refractivity contribution >= 4 is 0 Å². The monoisotopic (exact) mass is 253 g/mol. The molecule has 1 saturated heterocycles. The van der Waals surface area contributed by atoms with Gasteiger partial charge in [-0.2, -0.15) is 0 Å². The van der Waals surface area contributed by atoms with Crippen LogP contribution in [0.2, 0.25) is 0 Å². The van der Waals surface area contributed by atoms with Gasteiger partial charge >= 0.3 is 0 Å². The largest absolute Gasteiger partial charge is 0.395 e. The molecule has 1 fully saturated rings. The summed E-state index contributed by atoms with van der Waals surface area (Å²) in [6.45, 7) is 1.81. The Balaban J connectivity index is 1.88. The van der Waals surface area contributed by atoms with Gasteiger partial charge in [-0.05, 0) is 31.9 Å². The smallest absolute Gasteiger partial charge is 0.128 e. The summed E-state index contributed by atoms with van der Waals surface area (Å²) in [5.41, 5.74) is 0.359. The van der Waals surface area contributed by atoms with Crippen molar-refractivity contribution in [1.82, 2.24) is 4.90 Å². The Morgan fingerprint density at radius 2 is 2.17 bits per heavy atom. The zero-order valence-electron chi connectivity index (χ0n) is 10.4. The van der Waals surface area contributed by atoms with E-state index in [0.717, 1.165) is 19.4 Å². The Labute approximate surface area is 107 Å². The fourth-order valence-electron chi connectivity index (χ4n) is 2.59. The molecule has 1 aliphatic rings. The van der Waals surface area contributed by atoms with Crippen LogP contribution in [0.25, 0.3) is 0 Å². The molecule has 0 bridgehead atoms. The highest BCUT2D eigenvalue weighted by Gasteiger charge is 2.24. The molecule has 18 heavy (non-hydrogen) atoms. The molecule has 0 amide bonds. The van der Waals surface area contributed by atoms with Gasteiger partial charge in [-0.3, -0.25) is 4.90 Å². The summed E-state index contributed by atoms with van der Waals surface area (Å²) in [7, 11) is 0. The van der Waals surface area contributed by atoms with Crippen molar-refractivity contribution in [3.8, 4) is 0 Å². The normalized spacial score (nSPS) is 22.3. The number of nitrogens with zero attached hydrogens (tertiary/aromatic N) is 1. The maximum atomic E-state index is 13.5. The van der Waals surface area contributed by atoms with E-state index in [9.17, 15) is 14.6 Å². The van der Waals surface area contributed by atoms with Crippen LogP contribution in [0.1, 0.15) is 30.9 Å². The molecular weight excluding hydrogens is 233 g/mol. The molecular formula is C14H20FNO2. The van der Waals surface area contributed by atoms with Crippen LogP contribution in [0, 0.1) is 5.82 Å². The number of hydrogen-bond acceptors (Lipinski definition) is 3. The summed E-state index contributed by atoms with van der Waals surface area (Å²) < 4.78 is 13.5. The average Bonchev–Trinajstić information content (AvgIpc) is 2.84. The topological polar surface area (TPSA) is 43.7 Å². The van der Waals surface area contributed by atoms with Crippen molar-refractivity contribution in [2.45, 2.75) is 31.4 Å². The van der Waals surface area contributed by atoms with Gasteiger partial charge in [0.2, 0.25) is 0 Å². The van der Waals surface area contributed by atoms with Gasteiger partial charge in [0, 0.05) is 18.2 Å². The molecule has 0 radical (unpaired) electrons. The summed E-state index contributed by atoms with van der Waals surface area (Å²) >= 11 is 0. The SMILES string of the molecule is OCC1CCCN1CCC(O)c1ccccc1F. The Kier molecular flexibility index (Phi) is 4.69. The highest BCUT2D eigenvalue weighted by Crippen LogP contribution is 2.23. The van der Waals surface area contributed by atoms with Crippen LogP contribution >= 0.6 is 0 Å². The van der Waals surface area contributed by atoms with Gasteiger partial charge in [0.15, 0.2) is 0 Å². The number of benzene rings is 1. The molecule has 100 valence electrons. The van der Waals surface area contributed by atoms with E-state index in [4.69, 9.17) is 0 Å². The van der Waals surface area contributed by atoms with Crippen LogP contribution in [0.15, 0.2) is 24.3 Å². The third-order valence-electron chi connectivity index (χ3n) is 3.66. The zero-order chi connectivity index (χ0) is 13.0. The Morgan fingerprint density at radius 3 is 2.89 bits per heavy atom. The highest BCUT2D eigenvalue weighted by atomic mass is 19.1. The van der Waals surface area contributed by atoms with Gasteiger partial charge in [-0.1, -0.05) is 18.2 Å². The van der Waals surface area contributed by atoms with Gasteiger partial charge < -0.3 is 10.2 Å². The molecule has 1 aromatic carbocycles. The van der Waals surface area contributed by atoms with Gasteiger partial charge in [0.25, 0.3) is 0 Å². The minimum Gasteiger partial charge on any atom is -0.395 e. The molecule has 0 aromatic heterocycles. The van der Waals surface area contributed by atoms with E-state index in [1.807, 2.05) is 0 Å². The van der Waals surface area contributed by atoms with Crippen LogP contribution < -0.4 is 0 Å². The summed E-state index contributed by atoms with van der Waals surface area (Å²) in [5.74, 6) is -0.356. The maximum Gasteiger partial charge on any atom is 0.128 e. The van der Waals surface area contributed by atoms with Gasteiger partial charge in [-0.15, -0.1) is 0 Å². The quantitative estimate of drug-likeness (QED) is 0.839. The molecule has 2 rings (SSSR count). The lowest BCUT2D eigenvalue weighted by Crippen LogP contribution is -2.33. The summed E-state index contributed by atoms with van der Waals surface area (Å²) in [5, 5.41) is 19.2. The summed E-state index contributed by atoms with van der Waals surface area (Å²) in [6, 6.07) is 6.54. The second kappa shape index (κ2) is 6.27. The lowest BCUT2D eigenvalue weighted by molar-refractivity contribution is 0.115. The zero-order valence-corrected chi connectivity index (χ0v) is 10.4. The van der Waals surface area contributed by atoms with Crippen LogP contribution in [0.5, 0.6) is 0 Å². The number of halogens is 1. The maximum absolute atomic E-state index is 13.5. The lowest BCUT2D eigenvalue weighted by Gasteiger charge is -2.24. The number of rotatable bonds is 5. The number of aliphatic hydroxyl groups excluding tert-OH is 2. The Hall–Kier alpha value is -0.970. The van der Waals surface area contributed by atoms with E-state index in [-0.39, 0.29) is 18.5 Å². The molecule has 2 unspecified atom stereocenters. The molecule has 2 N–H and O–H groups in total. The highest BCUT2D eigenvalue weighted by molar-refractivity contribution is 5.19. The molecule has 0 aliphatic carbocycles. The van der Waals surface area contributed by atoms with Crippen LogP contribution in [-0.4, -0.2) is 40.9 Å². The third-order valence-corrected chi connectivity index (χ3v) is 3.66. The van der Waals surface area contributed by atoms with E-state index < -0.39 is 6.10 Å². The van der Waals surface area contributed by atoms with Crippen LogP contribution in [0.4, 0.5) is 4.39 Å². The average molecular weight is 253 g/mol. The van der Waals surface area contributed by atoms with E-state index in [1.54, 1.807) is 18.2 Å².